The first-order valence-electron chi connectivity index (χ1n) is 6.00. The number of likely N-dealkylation sites (tertiary alicyclic amines) is 1. The van der Waals surface area contributed by atoms with Gasteiger partial charge in [-0.2, -0.15) is 0 Å². The van der Waals surface area contributed by atoms with Crippen LogP contribution >= 0.6 is 0 Å². The third kappa shape index (κ3) is 2.70. The molecule has 0 saturated carbocycles. The van der Waals surface area contributed by atoms with Crippen molar-refractivity contribution in [2.75, 3.05) is 20.1 Å². The topological polar surface area (TPSA) is 20.3 Å². The van der Waals surface area contributed by atoms with Crippen LogP contribution in [0.3, 0.4) is 0 Å². The van der Waals surface area contributed by atoms with E-state index in [-0.39, 0.29) is 0 Å². The summed E-state index contributed by atoms with van der Waals surface area (Å²) in [5.41, 5.74) is 2.71. The van der Waals surface area contributed by atoms with Gasteiger partial charge < -0.3 is 9.69 Å². The minimum absolute atomic E-state index is 0.630. The Labute approximate surface area is 97.3 Å². The number of benzene rings is 1. The Balaban J connectivity index is 1.98. The van der Waals surface area contributed by atoms with Gasteiger partial charge in [0.2, 0.25) is 0 Å². The molecule has 1 aromatic carbocycles. The zero-order valence-corrected chi connectivity index (χ0v) is 9.86. The third-order valence-corrected chi connectivity index (χ3v) is 3.39. The number of nitrogens with zero attached hydrogens (tertiary/aromatic N) is 1. The fraction of sp³-hybridized carbons (Fsp3) is 0.500. The van der Waals surface area contributed by atoms with Crippen LogP contribution in [0.15, 0.2) is 24.3 Å². The number of carbonyl (C=O) groups is 1. The van der Waals surface area contributed by atoms with Crippen molar-refractivity contribution in [2.45, 2.75) is 25.2 Å². The minimum atomic E-state index is 0.630. The molecule has 16 heavy (non-hydrogen) atoms. The molecule has 0 aliphatic carbocycles. The largest absolute Gasteiger partial charge is 0.306 e. The SMILES string of the molecule is CN1CCC(c2ccc(CCC=O)cc2)C1. The second-order valence-corrected chi connectivity index (χ2v) is 4.69. The maximum atomic E-state index is 10.3. The van der Waals surface area contributed by atoms with Crippen molar-refractivity contribution in [2.24, 2.45) is 0 Å². The molecule has 1 saturated heterocycles. The highest BCUT2D eigenvalue weighted by atomic mass is 16.1. The van der Waals surface area contributed by atoms with Crippen LogP contribution in [0.2, 0.25) is 0 Å². The summed E-state index contributed by atoms with van der Waals surface area (Å²) in [5, 5.41) is 0. The smallest absolute Gasteiger partial charge is 0.120 e. The molecule has 86 valence electrons. The molecule has 2 heteroatoms. The van der Waals surface area contributed by atoms with E-state index >= 15 is 0 Å². The molecule has 2 rings (SSSR count). The Bertz CT molecular complexity index is 344. The van der Waals surface area contributed by atoms with Gasteiger partial charge in [0.05, 0.1) is 0 Å². The van der Waals surface area contributed by atoms with Crippen molar-refractivity contribution in [3.05, 3.63) is 35.4 Å². The number of carbonyl (C=O) groups excluding carboxylic acids is 1. The normalized spacial score (nSPS) is 21.2. The van der Waals surface area contributed by atoms with E-state index < -0.39 is 0 Å². The molecule has 0 radical (unpaired) electrons. The maximum Gasteiger partial charge on any atom is 0.120 e. The van der Waals surface area contributed by atoms with Gasteiger partial charge in [-0.15, -0.1) is 0 Å². The lowest BCUT2D eigenvalue weighted by Gasteiger charge is -2.11. The number of aryl methyl sites for hydroxylation is 1. The molecule has 0 bridgehead atoms. The summed E-state index contributed by atoms with van der Waals surface area (Å²) in [7, 11) is 2.18. The molecule has 0 aromatic heterocycles. The van der Waals surface area contributed by atoms with Crippen LogP contribution in [-0.2, 0) is 11.2 Å². The van der Waals surface area contributed by atoms with Crippen LogP contribution in [-0.4, -0.2) is 31.3 Å². The standard InChI is InChI=1S/C14H19NO/c1-15-9-8-14(11-15)13-6-4-12(5-7-13)3-2-10-16/h4-7,10,14H,2-3,8-9,11H2,1H3. The van der Waals surface area contributed by atoms with Gasteiger partial charge in [0.1, 0.15) is 6.29 Å². The average Bonchev–Trinajstić information content (AvgIpc) is 2.74. The zero-order valence-electron chi connectivity index (χ0n) is 9.86. The first-order valence-corrected chi connectivity index (χ1v) is 6.00. The highest BCUT2D eigenvalue weighted by Gasteiger charge is 2.20. The van der Waals surface area contributed by atoms with Crippen molar-refractivity contribution < 1.29 is 4.79 Å². The lowest BCUT2D eigenvalue weighted by molar-refractivity contribution is -0.107. The molecule has 2 nitrogen and oxygen atoms in total. The second-order valence-electron chi connectivity index (χ2n) is 4.69. The predicted octanol–water partition coefficient (Wildman–Crippen LogP) is 2.24. The van der Waals surface area contributed by atoms with Gasteiger partial charge in [-0.25, -0.2) is 0 Å². The minimum Gasteiger partial charge on any atom is -0.306 e. The number of likely N-dealkylation sites (N-methyl/N-ethyl adjacent to an activating group) is 1. The predicted molar refractivity (Wildman–Crippen MR) is 65.7 cm³/mol. The number of hydrogen-bond donors (Lipinski definition) is 0. The Morgan fingerprint density at radius 1 is 1.38 bits per heavy atom. The van der Waals surface area contributed by atoms with E-state index in [2.05, 4.69) is 36.2 Å². The van der Waals surface area contributed by atoms with Crippen LogP contribution in [0, 0.1) is 0 Å². The molecule has 0 amide bonds. The first kappa shape index (κ1) is 11.3. The lowest BCUT2D eigenvalue weighted by atomic mass is 9.96. The number of aldehydes is 1. The van der Waals surface area contributed by atoms with Gasteiger partial charge in [0.15, 0.2) is 0 Å². The molecular formula is C14H19NO. The lowest BCUT2D eigenvalue weighted by Crippen LogP contribution is -2.13. The van der Waals surface area contributed by atoms with Crippen LogP contribution in [0.5, 0.6) is 0 Å². The monoisotopic (exact) mass is 217 g/mol. The number of hydrogen-bond acceptors (Lipinski definition) is 2. The molecule has 1 aliphatic heterocycles. The van der Waals surface area contributed by atoms with E-state index in [1.165, 1.54) is 30.6 Å². The quantitative estimate of drug-likeness (QED) is 0.721. The van der Waals surface area contributed by atoms with Crippen LogP contribution < -0.4 is 0 Å². The summed E-state index contributed by atoms with van der Waals surface area (Å²) in [5.74, 6) is 0.699. The molecule has 0 N–H and O–H groups in total. The van der Waals surface area contributed by atoms with Gasteiger partial charge in [0, 0.05) is 13.0 Å². The van der Waals surface area contributed by atoms with Crippen molar-refractivity contribution in [1.82, 2.24) is 4.90 Å². The van der Waals surface area contributed by atoms with E-state index in [1.807, 2.05) is 0 Å². The highest BCUT2D eigenvalue weighted by molar-refractivity contribution is 5.50. The van der Waals surface area contributed by atoms with Gasteiger partial charge in [-0.3, -0.25) is 0 Å². The van der Waals surface area contributed by atoms with Crippen molar-refractivity contribution >= 4 is 6.29 Å². The van der Waals surface area contributed by atoms with Crippen molar-refractivity contribution in [3.63, 3.8) is 0 Å². The van der Waals surface area contributed by atoms with Gasteiger partial charge >= 0.3 is 0 Å². The molecule has 1 aliphatic rings. The molecular weight excluding hydrogens is 198 g/mol. The van der Waals surface area contributed by atoms with Gasteiger partial charge in [-0.05, 0) is 43.5 Å². The molecule has 1 fully saturated rings. The van der Waals surface area contributed by atoms with Gasteiger partial charge in [-0.1, -0.05) is 24.3 Å². The summed E-state index contributed by atoms with van der Waals surface area (Å²) in [4.78, 5) is 12.7. The fourth-order valence-electron chi connectivity index (χ4n) is 2.39. The number of rotatable bonds is 4. The Hall–Kier alpha value is -1.15. The van der Waals surface area contributed by atoms with E-state index in [9.17, 15) is 4.79 Å². The fourth-order valence-corrected chi connectivity index (χ4v) is 2.39. The molecule has 1 heterocycles. The molecule has 1 unspecified atom stereocenters. The zero-order chi connectivity index (χ0) is 11.4. The average molecular weight is 217 g/mol. The van der Waals surface area contributed by atoms with Gasteiger partial charge in [0.25, 0.3) is 0 Å². The summed E-state index contributed by atoms with van der Waals surface area (Å²) in [6, 6.07) is 8.78. The first-order chi connectivity index (χ1) is 7.79. The Kier molecular flexibility index (Phi) is 3.73. The van der Waals surface area contributed by atoms with Crippen molar-refractivity contribution in [1.29, 1.82) is 0 Å². The van der Waals surface area contributed by atoms with E-state index in [4.69, 9.17) is 0 Å². The van der Waals surface area contributed by atoms with Crippen LogP contribution in [0.4, 0.5) is 0 Å². The highest BCUT2D eigenvalue weighted by Crippen LogP contribution is 2.26. The van der Waals surface area contributed by atoms with Crippen LogP contribution in [0.25, 0.3) is 0 Å². The summed E-state index contributed by atoms with van der Waals surface area (Å²) >= 11 is 0. The summed E-state index contributed by atoms with van der Waals surface area (Å²) in [6.45, 7) is 2.38. The second kappa shape index (κ2) is 5.26. The Morgan fingerprint density at radius 2 is 2.12 bits per heavy atom. The molecule has 1 aromatic rings. The van der Waals surface area contributed by atoms with E-state index in [1.54, 1.807) is 0 Å². The summed E-state index contributed by atoms with van der Waals surface area (Å²) < 4.78 is 0. The molecule has 0 spiro atoms. The van der Waals surface area contributed by atoms with E-state index in [0.29, 0.717) is 12.3 Å². The molecule has 1 atom stereocenters. The van der Waals surface area contributed by atoms with Crippen molar-refractivity contribution in [3.8, 4) is 0 Å². The Morgan fingerprint density at radius 3 is 2.69 bits per heavy atom. The summed E-state index contributed by atoms with van der Waals surface area (Å²) in [6.07, 6.45) is 3.75. The maximum absolute atomic E-state index is 10.3. The van der Waals surface area contributed by atoms with E-state index in [0.717, 1.165) is 12.7 Å². The van der Waals surface area contributed by atoms with Crippen LogP contribution in [0.1, 0.15) is 29.9 Å². The third-order valence-electron chi connectivity index (χ3n) is 3.39.